The fourth-order valence-corrected chi connectivity index (χ4v) is 6.21. The molecule has 5 heterocycles. The van der Waals surface area contributed by atoms with E-state index >= 15 is 0 Å². The third kappa shape index (κ3) is 4.70. The number of H-pyrrole nitrogens is 1. The molecule has 0 spiro atoms. The lowest BCUT2D eigenvalue weighted by Crippen LogP contribution is -2.46. The van der Waals surface area contributed by atoms with E-state index in [0.29, 0.717) is 30.3 Å². The quantitative estimate of drug-likeness (QED) is 0.398. The van der Waals surface area contributed by atoms with Crippen LogP contribution in [0.15, 0.2) is 36.8 Å². The largest absolute Gasteiger partial charge is 0.368 e. The third-order valence-corrected chi connectivity index (χ3v) is 8.36. The van der Waals surface area contributed by atoms with Gasteiger partial charge >= 0.3 is 11.8 Å². The predicted octanol–water partition coefficient (Wildman–Crippen LogP) is 3.51. The maximum Gasteiger partial charge on any atom is 0.314 e. The van der Waals surface area contributed by atoms with E-state index in [4.69, 9.17) is 9.72 Å². The molecular formula is C26H29N7O3S. The molecule has 0 saturated carbocycles. The first-order valence-corrected chi connectivity index (χ1v) is 13.4. The monoisotopic (exact) mass is 519 g/mol. The summed E-state index contributed by atoms with van der Waals surface area (Å²) >= 11 is 1.66. The van der Waals surface area contributed by atoms with Crippen LogP contribution in [0.5, 0.6) is 0 Å². The number of piperidine rings is 1. The lowest BCUT2D eigenvalue weighted by molar-refractivity contribution is -0.146. The summed E-state index contributed by atoms with van der Waals surface area (Å²) in [5.41, 5.74) is 2.97. The summed E-state index contributed by atoms with van der Waals surface area (Å²) in [6.07, 6.45) is 6.54. The molecule has 192 valence electrons. The average Bonchev–Trinajstić information content (AvgIpc) is 3.55. The van der Waals surface area contributed by atoms with Crippen molar-refractivity contribution in [3.05, 3.63) is 47.4 Å². The number of aromatic nitrogens is 4. The molecule has 1 aromatic carbocycles. The van der Waals surface area contributed by atoms with Crippen LogP contribution in [0.2, 0.25) is 0 Å². The van der Waals surface area contributed by atoms with E-state index in [0.717, 1.165) is 52.1 Å². The molecular weight excluding hydrogens is 490 g/mol. The zero-order valence-electron chi connectivity index (χ0n) is 20.8. The number of morpholine rings is 1. The summed E-state index contributed by atoms with van der Waals surface area (Å²) in [6, 6.07) is 6.01. The summed E-state index contributed by atoms with van der Waals surface area (Å²) in [7, 11) is 2.10. The second-order valence-electron chi connectivity index (χ2n) is 10.0. The molecule has 2 amide bonds. The molecule has 4 aromatic rings. The van der Waals surface area contributed by atoms with Crippen LogP contribution in [0.4, 0.5) is 5.69 Å². The Bertz CT molecular complexity index is 1470. The Morgan fingerprint density at radius 3 is 2.95 bits per heavy atom. The van der Waals surface area contributed by atoms with Crippen LogP contribution in [-0.4, -0.2) is 75.1 Å². The number of likely N-dealkylation sites (tertiary alicyclic amines) is 1. The van der Waals surface area contributed by atoms with Crippen molar-refractivity contribution < 1.29 is 14.3 Å². The molecule has 10 nitrogen and oxygen atoms in total. The smallest absolute Gasteiger partial charge is 0.314 e. The first kappa shape index (κ1) is 24.0. The van der Waals surface area contributed by atoms with Crippen LogP contribution in [0.25, 0.3) is 21.1 Å². The van der Waals surface area contributed by atoms with Crippen molar-refractivity contribution in [1.82, 2.24) is 30.0 Å². The van der Waals surface area contributed by atoms with Gasteiger partial charge in [0.1, 0.15) is 11.1 Å². The molecule has 11 heteroatoms. The average molecular weight is 520 g/mol. The molecule has 2 aliphatic rings. The minimum atomic E-state index is -0.682. The lowest BCUT2D eigenvalue weighted by Gasteiger charge is -2.38. The third-order valence-electron chi connectivity index (χ3n) is 7.23. The molecule has 3 atom stereocenters. The maximum atomic E-state index is 13.4. The Morgan fingerprint density at radius 1 is 1.19 bits per heavy atom. The van der Waals surface area contributed by atoms with Gasteiger partial charge in [0.25, 0.3) is 0 Å². The van der Waals surface area contributed by atoms with Gasteiger partial charge in [-0.25, -0.2) is 4.98 Å². The van der Waals surface area contributed by atoms with Crippen molar-refractivity contribution >= 4 is 50.0 Å². The van der Waals surface area contributed by atoms with E-state index in [1.807, 2.05) is 0 Å². The highest BCUT2D eigenvalue weighted by molar-refractivity contribution is 7.18. The number of aromatic amines is 1. The summed E-state index contributed by atoms with van der Waals surface area (Å²) < 4.78 is 7.06. The van der Waals surface area contributed by atoms with Crippen LogP contribution in [0.3, 0.4) is 0 Å². The highest BCUT2D eigenvalue weighted by Crippen LogP contribution is 2.37. The zero-order valence-corrected chi connectivity index (χ0v) is 21.6. The molecule has 0 aliphatic carbocycles. The topological polar surface area (TPSA) is 116 Å². The number of ether oxygens (including phenoxy) is 1. The zero-order chi connectivity index (χ0) is 25.5. The molecule has 3 aromatic heterocycles. The highest BCUT2D eigenvalue weighted by atomic mass is 32.1. The number of thiazole rings is 1. The number of likely N-dealkylation sites (N-methyl/N-ethyl adjacent to an activating group) is 1. The van der Waals surface area contributed by atoms with Crippen LogP contribution in [0, 0.1) is 5.92 Å². The van der Waals surface area contributed by atoms with Gasteiger partial charge < -0.3 is 19.9 Å². The van der Waals surface area contributed by atoms with E-state index in [9.17, 15) is 9.59 Å². The minimum Gasteiger partial charge on any atom is -0.368 e. The number of fused-ring (bicyclic) bond motifs is 2. The van der Waals surface area contributed by atoms with Gasteiger partial charge in [0.05, 0.1) is 46.5 Å². The number of carbonyl (C=O) groups excluding carboxylic acids is 2. The summed E-state index contributed by atoms with van der Waals surface area (Å²) in [5.74, 6) is -0.926. The second-order valence-corrected chi connectivity index (χ2v) is 11.1. The number of anilines is 1. The Kier molecular flexibility index (Phi) is 6.35. The molecule has 37 heavy (non-hydrogen) atoms. The summed E-state index contributed by atoms with van der Waals surface area (Å²) in [4.78, 5) is 39.5. The number of benzene rings is 1. The normalized spacial score (nSPS) is 23.0. The molecule has 2 fully saturated rings. The molecule has 2 saturated heterocycles. The van der Waals surface area contributed by atoms with Crippen molar-refractivity contribution in [3.8, 4) is 0 Å². The standard InChI is InChI=1S/C26H29N7O3S/c1-15-3-5-20(16-4-6-22-18(9-16)30-25(37-22)21-14-32(2)7-8-36-21)33(13-15)26(35)24(34)29-19-12-27-10-17-11-28-31-23(17)19/h4,6,9-12,15,20-21H,3,5,7-8,13-14H2,1-2H3,(H,28,31)(H,29,34)/t15-,20+,21?/m0/s1. The number of nitrogens with zero attached hydrogens (tertiary/aromatic N) is 5. The van der Waals surface area contributed by atoms with Crippen molar-refractivity contribution in [1.29, 1.82) is 0 Å². The number of amides is 2. The van der Waals surface area contributed by atoms with Crippen LogP contribution in [0.1, 0.15) is 42.5 Å². The molecule has 2 N–H and O–H groups in total. The van der Waals surface area contributed by atoms with Gasteiger partial charge in [0.15, 0.2) is 0 Å². The fourth-order valence-electron chi connectivity index (χ4n) is 5.22. The first-order valence-electron chi connectivity index (χ1n) is 12.6. The van der Waals surface area contributed by atoms with E-state index in [1.54, 1.807) is 28.6 Å². The Morgan fingerprint density at radius 2 is 2.08 bits per heavy atom. The molecule has 1 unspecified atom stereocenters. The maximum absolute atomic E-state index is 13.4. The lowest BCUT2D eigenvalue weighted by atomic mass is 9.89. The second kappa shape index (κ2) is 9.81. The van der Waals surface area contributed by atoms with Crippen LogP contribution in [-0.2, 0) is 14.3 Å². The SMILES string of the molecule is C[C@H]1CC[C@H](c2ccc3sc(C4CN(C)CCO4)nc3c2)N(C(=O)C(=O)Nc2cncc3cn[nH]c23)C1. The number of rotatable bonds is 3. The number of carbonyl (C=O) groups is 2. The first-order chi connectivity index (χ1) is 18.0. The van der Waals surface area contributed by atoms with Gasteiger partial charge in [0.2, 0.25) is 0 Å². The van der Waals surface area contributed by atoms with E-state index in [-0.39, 0.29) is 12.1 Å². The van der Waals surface area contributed by atoms with Crippen molar-refractivity contribution in [2.75, 3.05) is 38.6 Å². The van der Waals surface area contributed by atoms with E-state index in [2.05, 4.69) is 57.6 Å². The van der Waals surface area contributed by atoms with Gasteiger partial charge in [-0.3, -0.25) is 19.7 Å². The summed E-state index contributed by atoms with van der Waals surface area (Å²) in [5, 5.41) is 11.3. The van der Waals surface area contributed by atoms with Crippen molar-refractivity contribution in [2.45, 2.75) is 31.9 Å². The Hall–Kier alpha value is -3.41. The van der Waals surface area contributed by atoms with E-state index < -0.39 is 11.8 Å². The molecule has 0 bridgehead atoms. The number of hydrogen-bond acceptors (Lipinski definition) is 8. The van der Waals surface area contributed by atoms with Crippen LogP contribution < -0.4 is 5.32 Å². The van der Waals surface area contributed by atoms with Crippen molar-refractivity contribution in [3.63, 3.8) is 0 Å². The Balaban J connectivity index is 1.25. The van der Waals surface area contributed by atoms with Gasteiger partial charge in [-0.05, 0) is 43.5 Å². The predicted molar refractivity (Wildman–Crippen MR) is 141 cm³/mol. The van der Waals surface area contributed by atoms with E-state index in [1.165, 1.54) is 6.20 Å². The highest BCUT2D eigenvalue weighted by Gasteiger charge is 2.35. The van der Waals surface area contributed by atoms with Gasteiger partial charge in [0, 0.05) is 31.2 Å². The van der Waals surface area contributed by atoms with Crippen LogP contribution >= 0.6 is 11.3 Å². The molecule has 2 aliphatic heterocycles. The minimum absolute atomic E-state index is 0.0225. The van der Waals surface area contributed by atoms with Crippen molar-refractivity contribution in [2.24, 2.45) is 5.92 Å². The number of pyridine rings is 1. The molecule has 0 radical (unpaired) electrons. The van der Waals surface area contributed by atoms with Gasteiger partial charge in [-0.2, -0.15) is 5.10 Å². The number of nitrogens with one attached hydrogen (secondary N) is 2. The number of hydrogen-bond donors (Lipinski definition) is 2. The van der Waals surface area contributed by atoms with Gasteiger partial charge in [-0.15, -0.1) is 11.3 Å². The molecule has 6 rings (SSSR count). The fraction of sp³-hybridized carbons (Fsp3) is 0.423. The van der Waals surface area contributed by atoms with Gasteiger partial charge in [-0.1, -0.05) is 13.0 Å². The Labute approximate surface area is 218 Å². The summed E-state index contributed by atoms with van der Waals surface area (Å²) in [6.45, 7) is 5.09.